The van der Waals surface area contributed by atoms with Crippen LogP contribution in [0, 0.1) is 0 Å². The lowest BCUT2D eigenvalue weighted by Gasteiger charge is -2.16. The Balaban J connectivity index is 1.80. The van der Waals surface area contributed by atoms with Crippen LogP contribution in [0.5, 0.6) is 11.5 Å². The number of allylic oxidation sites excluding steroid dienone is 2. The molecule has 1 aromatic heterocycles. The summed E-state index contributed by atoms with van der Waals surface area (Å²) in [5.74, 6) is -1.38. The van der Waals surface area contributed by atoms with Gasteiger partial charge in [0, 0.05) is 17.5 Å². The third kappa shape index (κ3) is 4.60. The minimum atomic E-state index is -4.42. The minimum Gasteiger partial charge on any atom is -0.505 e. The lowest BCUT2D eigenvalue weighted by atomic mass is 10.0. The molecule has 0 unspecified atom stereocenters. The summed E-state index contributed by atoms with van der Waals surface area (Å²) in [6.45, 7) is 1.69. The van der Waals surface area contributed by atoms with Crippen LogP contribution in [-0.4, -0.2) is 32.5 Å². The zero-order valence-electron chi connectivity index (χ0n) is 18.3. The van der Waals surface area contributed by atoms with Gasteiger partial charge in [-0.1, -0.05) is 31.0 Å². The van der Waals surface area contributed by atoms with Crippen LogP contribution in [0.15, 0.2) is 63.7 Å². The van der Waals surface area contributed by atoms with E-state index in [0.29, 0.717) is 18.5 Å². The number of carbonyl (C=O) groups is 1. The highest BCUT2D eigenvalue weighted by atomic mass is 32.2. The zero-order valence-corrected chi connectivity index (χ0v) is 19.1. The lowest BCUT2D eigenvalue weighted by molar-refractivity contribution is 0.104. The molecule has 9 heteroatoms. The van der Waals surface area contributed by atoms with Crippen molar-refractivity contribution in [2.75, 3.05) is 12.4 Å². The smallest absolute Gasteiger partial charge is 0.304 e. The van der Waals surface area contributed by atoms with E-state index in [-0.39, 0.29) is 22.3 Å². The Hall–Kier alpha value is -3.30. The number of hydrogen-bond donors (Lipinski definition) is 2. The van der Waals surface area contributed by atoms with Gasteiger partial charge in [0.05, 0.1) is 24.9 Å². The summed E-state index contributed by atoms with van der Waals surface area (Å²) in [5.41, 5.74) is 0.858. The SMILES string of the molecule is COc1c(C(=O)/C=C(/C)Nc2ccccc2)c(O)c(S(=O)(=O)OC2CCCC2)c2occc12. The van der Waals surface area contributed by atoms with Crippen molar-refractivity contribution in [2.45, 2.75) is 43.6 Å². The van der Waals surface area contributed by atoms with Gasteiger partial charge in [0.15, 0.2) is 22.0 Å². The second-order valence-electron chi connectivity index (χ2n) is 7.89. The molecular formula is C24H25NO7S. The number of nitrogens with one attached hydrogen (secondary N) is 1. The Labute approximate surface area is 191 Å². The highest BCUT2D eigenvalue weighted by Gasteiger charge is 2.35. The predicted molar refractivity (Wildman–Crippen MR) is 123 cm³/mol. The van der Waals surface area contributed by atoms with E-state index in [1.165, 1.54) is 25.5 Å². The number of methoxy groups -OCH3 is 1. The average molecular weight is 472 g/mol. The van der Waals surface area contributed by atoms with E-state index in [2.05, 4.69) is 5.32 Å². The first-order valence-electron chi connectivity index (χ1n) is 10.6. The number of phenols is 1. The Morgan fingerprint density at radius 2 is 1.88 bits per heavy atom. The second-order valence-corrected chi connectivity index (χ2v) is 9.40. The molecule has 1 aliphatic rings. The van der Waals surface area contributed by atoms with Gasteiger partial charge < -0.3 is 19.6 Å². The van der Waals surface area contributed by atoms with Crippen molar-refractivity contribution in [1.29, 1.82) is 0 Å². The van der Waals surface area contributed by atoms with E-state index in [1.54, 1.807) is 6.92 Å². The molecule has 3 aromatic rings. The summed E-state index contributed by atoms with van der Waals surface area (Å²) in [6.07, 6.45) is 5.02. The van der Waals surface area contributed by atoms with Crippen LogP contribution in [0.3, 0.4) is 0 Å². The number of carbonyl (C=O) groups excluding carboxylic acids is 1. The first kappa shape index (κ1) is 22.9. The highest BCUT2D eigenvalue weighted by molar-refractivity contribution is 7.87. The molecule has 1 fully saturated rings. The first-order chi connectivity index (χ1) is 15.8. The Bertz CT molecular complexity index is 1300. The largest absolute Gasteiger partial charge is 0.505 e. The summed E-state index contributed by atoms with van der Waals surface area (Å²) in [4.78, 5) is 12.6. The van der Waals surface area contributed by atoms with E-state index in [1.807, 2.05) is 30.3 Å². The molecule has 4 rings (SSSR count). The summed E-state index contributed by atoms with van der Waals surface area (Å²) in [5, 5.41) is 14.4. The van der Waals surface area contributed by atoms with E-state index in [0.717, 1.165) is 18.5 Å². The molecule has 2 aromatic carbocycles. The molecule has 1 heterocycles. The van der Waals surface area contributed by atoms with Crippen molar-refractivity contribution in [3.8, 4) is 11.5 Å². The highest BCUT2D eigenvalue weighted by Crippen LogP contribution is 2.44. The maximum Gasteiger partial charge on any atom is 0.304 e. The molecule has 174 valence electrons. The first-order valence-corrected chi connectivity index (χ1v) is 12.0. The number of hydrogen-bond acceptors (Lipinski definition) is 8. The number of ketones is 1. The van der Waals surface area contributed by atoms with Crippen LogP contribution < -0.4 is 10.1 Å². The fraction of sp³-hybridized carbons (Fsp3) is 0.292. The third-order valence-corrected chi connectivity index (χ3v) is 6.93. The Morgan fingerprint density at radius 1 is 1.18 bits per heavy atom. The van der Waals surface area contributed by atoms with Crippen LogP contribution in [0.25, 0.3) is 11.0 Å². The monoisotopic (exact) mass is 471 g/mol. The van der Waals surface area contributed by atoms with Crippen LogP contribution in [0.4, 0.5) is 5.69 Å². The van der Waals surface area contributed by atoms with Gasteiger partial charge in [-0.3, -0.25) is 8.98 Å². The normalized spacial score (nSPS) is 15.2. The van der Waals surface area contributed by atoms with Gasteiger partial charge in [-0.2, -0.15) is 8.42 Å². The van der Waals surface area contributed by atoms with Gasteiger partial charge in [0.1, 0.15) is 11.3 Å². The summed E-state index contributed by atoms with van der Waals surface area (Å²) >= 11 is 0. The number of phenolic OH excluding ortho intramolecular Hbond substituents is 1. The van der Waals surface area contributed by atoms with E-state index >= 15 is 0 Å². The van der Waals surface area contributed by atoms with Gasteiger partial charge in [0.25, 0.3) is 0 Å². The number of anilines is 1. The maximum atomic E-state index is 13.2. The van der Waals surface area contributed by atoms with Gasteiger partial charge in [-0.05, 0) is 38.0 Å². The standard InChI is InChI=1S/C24H25NO7S/c1-15(25-16-8-4-3-5-9-16)14-19(26)20-21(27)24(23-18(12-13-31-23)22(20)30-2)33(28,29)32-17-10-6-7-11-17/h3-5,8-9,12-14,17,25,27H,6-7,10-11H2,1-2H3/b15-14-. The number of furan rings is 1. The van der Waals surface area contributed by atoms with Crippen molar-refractivity contribution in [3.63, 3.8) is 0 Å². The lowest BCUT2D eigenvalue weighted by Crippen LogP contribution is -2.17. The predicted octanol–water partition coefficient (Wildman–Crippen LogP) is 4.99. The number of rotatable bonds is 8. The molecule has 33 heavy (non-hydrogen) atoms. The number of fused-ring (bicyclic) bond motifs is 1. The Kier molecular flexibility index (Phi) is 6.44. The molecular weight excluding hydrogens is 446 g/mol. The maximum absolute atomic E-state index is 13.2. The third-order valence-electron chi connectivity index (χ3n) is 5.52. The van der Waals surface area contributed by atoms with Gasteiger partial charge in [-0.15, -0.1) is 0 Å². The molecule has 0 spiro atoms. The minimum absolute atomic E-state index is 0.0184. The van der Waals surface area contributed by atoms with Crippen molar-refractivity contribution < 1.29 is 31.7 Å². The van der Waals surface area contributed by atoms with Crippen molar-refractivity contribution in [2.24, 2.45) is 0 Å². The van der Waals surface area contributed by atoms with Crippen molar-refractivity contribution in [1.82, 2.24) is 0 Å². The van der Waals surface area contributed by atoms with E-state index in [4.69, 9.17) is 13.3 Å². The summed E-state index contributed by atoms with van der Waals surface area (Å²) in [7, 11) is -3.08. The Morgan fingerprint density at radius 3 is 2.55 bits per heavy atom. The molecule has 0 radical (unpaired) electrons. The molecule has 0 saturated heterocycles. The fourth-order valence-electron chi connectivity index (χ4n) is 4.07. The molecule has 0 aliphatic heterocycles. The molecule has 0 atom stereocenters. The van der Waals surface area contributed by atoms with Gasteiger partial charge >= 0.3 is 10.1 Å². The van der Waals surface area contributed by atoms with Crippen molar-refractivity contribution >= 4 is 32.6 Å². The van der Waals surface area contributed by atoms with Crippen LogP contribution in [0.1, 0.15) is 43.0 Å². The molecule has 0 bridgehead atoms. The summed E-state index contributed by atoms with van der Waals surface area (Å²) in [6, 6.07) is 10.7. The molecule has 2 N–H and O–H groups in total. The fourth-order valence-corrected chi connectivity index (χ4v) is 5.44. The van der Waals surface area contributed by atoms with E-state index < -0.39 is 32.7 Å². The summed E-state index contributed by atoms with van der Waals surface area (Å²) < 4.78 is 42.4. The van der Waals surface area contributed by atoms with Gasteiger partial charge in [0.2, 0.25) is 0 Å². The van der Waals surface area contributed by atoms with Gasteiger partial charge in [-0.25, -0.2) is 0 Å². The van der Waals surface area contributed by atoms with Crippen LogP contribution >= 0.6 is 0 Å². The number of para-hydroxylation sites is 1. The molecule has 1 saturated carbocycles. The number of benzene rings is 2. The van der Waals surface area contributed by atoms with Crippen LogP contribution in [-0.2, 0) is 14.3 Å². The van der Waals surface area contributed by atoms with E-state index in [9.17, 15) is 18.3 Å². The van der Waals surface area contributed by atoms with Crippen molar-refractivity contribution in [3.05, 3.63) is 60.0 Å². The number of ether oxygens (including phenoxy) is 1. The zero-order chi connectivity index (χ0) is 23.6. The average Bonchev–Trinajstić information content (AvgIpc) is 3.44. The quantitative estimate of drug-likeness (QED) is 0.268. The molecule has 0 amide bonds. The molecule has 1 aliphatic carbocycles. The second kappa shape index (κ2) is 9.29. The molecule has 8 nitrogen and oxygen atoms in total. The number of aromatic hydroxyl groups is 1. The topological polar surface area (TPSA) is 115 Å². The van der Waals surface area contributed by atoms with Crippen LogP contribution in [0.2, 0.25) is 0 Å².